The van der Waals surface area contributed by atoms with Crippen molar-refractivity contribution in [2.45, 2.75) is 27.3 Å². The molecule has 0 amide bonds. The first-order valence-corrected chi connectivity index (χ1v) is 6.87. The van der Waals surface area contributed by atoms with Crippen molar-refractivity contribution in [2.75, 3.05) is 23.3 Å². The fourth-order valence-corrected chi connectivity index (χ4v) is 2.15. The van der Waals surface area contributed by atoms with Gasteiger partial charge >= 0.3 is 0 Å². The Morgan fingerprint density at radius 1 is 1.00 bits per heavy atom. The summed E-state index contributed by atoms with van der Waals surface area (Å²) in [5.41, 5.74) is 2.38. The Bertz CT molecular complexity index is 498. The molecule has 1 heterocycles. The summed E-state index contributed by atoms with van der Waals surface area (Å²) in [5, 5.41) is 3.36. The molecule has 1 aromatic carbocycles. The summed E-state index contributed by atoms with van der Waals surface area (Å²) in [7, 11) is 0. The van der Waals surface area contributed by atoms with Crippen molar-refractivity contribution < 1.29 is 4.42 Å². The lowest BCUT2D eigenvalue weighted by molar-refractivity contribution is 0.490. The third kappa shape index (κ3) is 3.53. The van der Waals surface area contributed by atoms with E-state index in [1.165, 1.54) is 5.69 Å². The maximum atomic E-state index is 5.53. The molecule has 0 aliphatic rings. The highest BCUT2D eigenvalue weighted by molar-refractivity contribution is 5.55. The van der Waals surface area contributed by atoms with Crippen LogP contribution >= 0.6 is 0 Å². The first-order valence-electron chi connectivity index (χ1n) is 6.87. The second kappa shape index (κ2) is 6.32. The summed E-state index contributed by atoms with van der Waals surface area (Å²) in [6, 6.07) is 12.5. The van der Waals surface area contributed by atoms with E-state index >= 15 is 0 Å². The van der Waals surface area contributed by atoms with Crippen molar-refractivity contribution in [2.24, 2.45) is 0 Å². The van der Waals surface area contributed by atoms with E-state index in [-0.39, 0.29) is 0 Å². The molecule has 0 aliphatic carbocycles. The van der Waals surface area contributed by atoms with Crippen LogP contribution in [0, 0.1) is 6.92 Å². The number of hydrogen-bond acceptors (Lipinski definition) is 3. The highest BCUT2D eigenvalue weighted by atomic mass is 16.3. The Morgan fingerprint density at radius 2 is 1.68 bits per heavy atom. The Hall–Kier alpha value is -1.90. The van der Waals surface area contributed by atoms with Crippen molar-refractivity contribution in [1.29, 1.82) is 0 Å². The second-order valence-electron chi connectivity index (χ2n) is 4.59. The van der Waals surface area contributed by atoms with Gasteiger partial charge in [0.25, 0.3) is 0 Å². The van der Waals surface area contributed by atoms with Gasteiger partial charge in [-0.05, 0) is 57.2 Å². The van der Waals surface area contributed by atoms with Crippen LogP contribution in [0.2, 0.25) is 0 Å². The molecule has 0 unspecified atom stereocenters. The minimum atomic E-state index is 0.721. The van der Waals surface area contributed by atoms with Gasteiger partial charge in [-0.15, -0.1) is 0 Å². The molecule has 2 rings (SSSR count). The fourth-order valence-electron chi connectivity index (χ4n) is 2.15. The van der Waals surface area contributed by atoms with E-state index in [1.54, 1.807) is 0 Å². The number of aryl methyl sites for hydroxylation is 1. The first-order chi connectivity index (χ1) is 9.22. The van der Waals surface area contributed by atoms with Gasteiger partial charge in [0.15, 0.2) is 0 Å². The average molecular weight is 258 g/mol. The van der Waals surface area contributed by atoms with Gasteiger partial charge in [-0.25, -0.2) is 0 Å². The number of furan rings is 1. The van der Waals surface area contributed by atoms with Gasteiger partial charge in [-0.1, -0.05) is 0 Å². The van der Waals surface area contributed by atoms with E-state index in [1.807, 2.05) is 19.1 Å². The Kier molecular flexibility index (Phi) is 4.50. The molecule has 0 saturated heterocycles. The van der Waals surface area contributed by atoms with Gasteiger partial charge in [0.05, 0.1) is 6.54 Å². The highest BCUT2D eigenvalue weighted by Crippen LogP contribution is 2.18. The lowest BCUT2D eigenvalue weighted by Gasteiger charge is -2.21. The van der Waals surface area contributed by atoms with Gasteiger partial charge in [0.1, 0.15) is 11.5 Å². The maximum absolute atomic E-state index is 5.53. The molecule has 102 valence electrons. The van der Waals surface area contributed by atoms with Crippen LogP contribution in [0.5, 0.6) is 0 Å². The molecule has 0 bridgehead atoms. The number of rotatable bonds is 6. The van der Waals surface area contributed by atoms with E-state index in [4.69, 9.17) is 4.42 Å². The van der Waals surface area contributed by atoms with Crippen LogP contribution in [0.4, 0.5) is 11.4 Å². The minimum Gasteiger partial charge on any atom is -0.465 e. The lowest BCUT2D eigenvalue weighted by Crippen LogP contribution is -2.21. The second-order valence-corrected chi connectivity index (χ2v) is 4.59. The molecule has 0 spiro atoms. The summed E-state index contributed by atoms with van der Waals surface area (Å²) < 4.78 is 5.53. The summed E-state index contributed by atoms with van der Waals surface area (Å²) in [5.74, 6) is 1.92. The topological polar surface area (TPSA) is 28.4 Å². The molecular formula is C16H22N2O. The van der Waals surface area contributed by atoms with E-state index in [0.717, 1.165) is 36.8 Å². The van der Waals surface area contributed by atoms with Gasteiger partial charge in [0.2, 0.25) is 0 Å². The molecule has 0 aliphatic heterocycles. The lowest BCUT2D eigenvalue weighted by atomic mass is 10.2. The molecular weight excluding hydrogens is 236 g/mol. The molecule has 3 nitrogen and oxygen atoms in total. The van der Waals surface area contributed by atoms with E-state index in [2.05, 4.69) is 48.3 Å². The van der Waals surface area contributed by atoms with Gasteiger partial charge in [-0.3, -0.25) is 0 Å². The van der Waals surface area contributed by atoms with Crippen LogP contribution in [0.15, 0.2) is 40.8 Å². The zero-order valence-electron chi connectivity index (χ0n) is 11.9. The summed E-state index contributed by atoms with van der Waals surface area (Å²) in [6.07, 6.45) is 0. The molecule has 0 fully saturated rings. The average Bonchev–Trinajstić information content (AvgIpc) is 2.85. The molecule has 19 heavy (non-hydrogen) atoms. The molecule has 2 aromatic rings. The largest absolute Gasteiger partial charge is 0.465 e. The smallest absolute Gasteiger partial charge is 0.123 e. The predicted molar refractivity (Wildman–Crippen MR) is 80.8 cm³/mol. The van der Waals surface area contributed by atoms with Gasteiger partial charge < -0.3 is 14.6 Å². The summed E-state index contributed by atoms with van der Waals surface area (Å²) in [4.78, 5) is 2.33. The standard InChI is InChI=1S/C16H22N2O/c1-4-18(5-2)15-9-7-14(8-10-15)17-12-16-11-6-13(3)19-16/h6-11,17H,4-5,12H2,1-3H3. The van der Waals surface area contributed by atoms with Crippen LogP contribution < -0.4 is 10.2 Å². The van der Waals surface area contributed by atoms with Crippen molar-refractivity contribution >= 4 is 11.4 Å². The molecule has 0 saturated carbocycles. The van der Waals surface area contributed by atoms with Crippen molar-refractivity contribution in [3.63, 3.8) is 0 Å². The molecule has 1 aromatic heterocycles. The van der Waals surface area contributed by atoms with Gasteiger partial charge in [0, 0.05) is 24.5 Å². The highest BCUT2D eigenvalue weighted by Gasteiger charge is 2.02. The zero-order chi connectivity index (χ0) is 13.7. The monoisotopic (exact) mass is 258 g/mol. The summed E-state index contributed by atoms with van der Waals surface area (Å²) in [6.45, 7) is 9.11. The van der Waals surface area contributed by atoms with E-state index in [0.29, 0.717) is 0 Å². The Balaban J connectivity index is 1.95. The number of nitrogens with one attached hydrogen (secondary N) is 1. The number of nitrogens with zero attached hydrogens (tertiary/aromatic N) is 1. The van der Waals surface area contributed by atoms with Crippen LogP contribution in [0.3, 0.4) is 0 Å². The molecule has 0 radical (unpaired) electrons. The van der Waals surface area contributed by atoms with Crippen LogP contribution in [0.25, 0.3) is 0 Å². The molecule has 3 heteroatoms. The number of anilines is 2. The number of benzene rings is 1. The van der Waals surface area contributed by atoms with Crippen LogP contribution in [0.1, 0.15) is 25.4 Å². The third-order valence-electron chi connectivity index (χ3n) is 3.26. The third-order valence-corrected chi connectivity index (χ3v) is 3.26. The van der Waals surface area contributed by atoms with Crippen LogP contribution in [-0.2, 0) is 6.54 Å². The van der Waals surface area contributed by atoms with Crippen LogP contribution in [-0.4, -0.2) is 13.1 Å². The zero-order valence-corrected chi connectivity index (χ0v) is 11.9. The molecule has 0 atom stereocenters. The molecule has 1 N–H and O–H groups in total. The van der Waals surface area contributed by atoms with Crippen molar-refractivity contribution in [3.05, 3.63) is 47.9 Å². The van der Waals surface area contributed by atoms with E-state index in [9.17, 15) is 0 Å². The maximum Gasteiger partial charge on any atom is 0.123 e. The normalized spacial score (nSPS) is 10.5. The van der Waals surface area contributed by atoms with E-state index < -0.39 is 0 Å². The quantitative estimate of drug-likeness (QED) is 0.847. The minimum absolute atomic E-state index is 0.721. The number of hydrogen-bond donors (Lipinski definition) is 1. The van der Waals surface area contributed by atoms with Gasteiger partial charge in [-0.2, -0.15) is 0 Å². The van der Waals surface area contributed by atoms with Crippen molar-refractivity contribution in [1.82, 2.24) is 0 Å². The predicted octanol–water partition coefficient (Wildman–Crippen LogP) is 4.05. The SMILES string of the molecule is CCN(CC)c1ccc(NCc2ccc(C)o2)cc1. The first kappa shape index (κ1) is 13.5. The Labute approximate surface area is 115 Å². The summed E-state index contributed by atoms with van der Waals surface area (Å²) >= 11 is 0. The fraction of sp³-hybridized carbons (Fsp3) is 0.375. The Morgan fingerprint density at radius 3 is 2.21 bits per heavy atom. The van der Waals surface area contributed by atoms with Crippen molar-refractivity contribution in [3.8, 4) is 0 Å².